The molecule has 4 rings (SSSR count). The molecule has 2 bridgehead atoms. The number of imidazole rings is 1. The van der Waals surface area contributed by atoms with E-state index in [9.17, 15) is 0 Å². The van der Waals surface area contributed by atoms with Crippen LogP contribution in [0.4, 0.5) is 11.9 Å². The maximum absolute atomic E-state index is 5.86. The van der Waals surface area contributed by atoms with Gasteiger partial charge in [-0.2, -0.15) is 15.0 Å². The van der Waals surface area contributed by atoms with Crippen LogP contribution < -0.4 is 10.2 Å². The smallest absolute Gasteiger partial charge is 0.241 e. The van der Waals surface area contributed by atoms with Crippen LogP contribution in [-0.2, 0) is 4.74 Å². The fourth-order valence-corrected chi connectivity index (χ4v) is 2.88. The molecule has 2 aromatic heterocycles. The van der Waals surface area contributed by atoms with Gasteiger partial charge < -0.3 is 15.0 Å². The van der Waals surface area contributed by atoms with E-state index in [0.717, 1.165) is 25.9 Å². The second-order valence-electron chi connectivity index (χ2n) is 5.34. The molecule has 2 saturated heterocycles. The van der Waals surface area contributed by atoms with Crippen LogP contribution in [0.3, 0.4) is 0 Å². The van der Waals surface area contributed by atoms with Gasteiger partial charge in [-0.3, -0.25) is 4.57 Å². The third kappa shape index (κ3) is 2.31. The molecule has 2 aromatic rings. The Morgan fingerprint density at radius 3 is 2.57 bits per heavy atom. The van der Waals surface area contributed by atoms with Gasteiger partial charge in [0.05, 0.1) is 12.2 Å². The summed E-state index contributed by atoms with van der Waals surface area (Å²) in [5.74, 6) is 1.82. The SMILES string of the molecule is CNc1nc(N2CC3CCC(C2)O3)nc(-n2ccnc2)n1. The zero-order valence-corrected chi connectivity index (χ0v) is 11.8. The Bertz CT molecular complexity index is 617. The molecule has 0 radical (unpaired) electrons. The Balaban J connectivity index is 1.69. The number of nitrogens with zero attached hydrogens (tertiary/aromatic N) is 6. The van der Waals surface area contributed by atoms with Crippen molar-refractivity contribution < 1.29 is 4.74 Å². The molecular weight excluding hydrogens is 270 g/mol. The van der Waals surface area contributed by atoms with E-state index in [0.29, 0.717) is 30.1 Å². The summed E-state index contributed by atoms with van der Waals surface area (Å²) < 4.78 is 7.64. The van der Waals surface area contributed by atoms with Crippen molar-refractivity contribution in [1.29, 1.82) is 0 Å². The zero-order valence-electron chi connectivity index (χ0n) is 11.8. The van der Waals surface area contributed by atoms with Crippen molar-refractivity contribution in [2.75, 3.05) is 30.4 Å². The minimum absolute atomic E-state index is 0.301. The number of hydrogen-bond donors (Lipinski definition) is 1. The van der Waals surface area contributed by atoms with Crippen molar-refractivity contribution in [1.82, 2.24) is 24.5 Å². The molecule has 0 amide bonds. The van der Waals surface area contributed by atoms with Crippen molar-refractivity contribution in [2.24, 2.45) is 0 Å². The predicted molar refractivity (Wildman–Crippen MR) is 76.6 cm³/mol. The van der Waals surface area contributed by atoms with E-state index < -0.39 is 0 Å². The van der Waals surface area contributed by atoms with Gasteiger partial charge in [0.15, 0.2) is 0 Å². The van der Waals surface area contributed by atoms with E-state index in [1.165, 1.54) is 0 Å². The summed E-state index contributed by atoms with van der Waals surface area (Å²) in [4.78, 5) is 19.7. The highest BCUT2D eigenvalue weighted by Crippen LogP contribution is 2.28. The summed E-state index contributed by atoms with van der Waals surface area (Å²) in [6, 6.07) is 0. The van der Waals surface area contributed by atoms with E-state index in [4.69, 9.17) is 4.74 Å². The van der Waals surface area contributed by atoms with E-state index in [-0.39, 0.29) is 0 Å². The van der Waals surface area contributed by atoms with E-state index >= 15 is 0 Å². The first kappa shape index (κ1) is 12.5. The second kappa shape index (κ2) is 4.96. The highest BCUT2D eigenvalue weighted by molar-refractivity contribution is 5.40. The van der Waals surface area contributed by atoms with Gasteiger partial charge >= 0.3 is 0 Å². The van der Waals surface area contributed by atoms with E-state index in [2.05, 4.69) is 30.2 Å². The van der Waals surface area contributed by atoms with Gasteiger partial charge in [-0.1, -0.05) is 0 Å². The number of ether oxygens (including phenoxy) is 1. The molecule has 0 spiro atoms. The molecule has 21 heavy (non-hydrogen) atoms. The summed E-state index contributed by atoms with van der Waals surface area (Å²) in [7, 11) is 1.81. The monoisotopic (exact) mass is 287 g/mol. The van der Waals surface area contributed by atoms with Gasteiger partial charge in [0, 0.05) is 32.5 Å². The largest absolute Gasteiger partial charge is 0.371 e. The standard InChI is InChI=1S/C13H17N7O/c1-14-11-16-12(19-5-4-15-8-19)18-13(17-11)20-6-9-2-3-10(7-20)21-9/h4-5,8-10H,2-3,6-7H2,1H3,(H,14,16,17,18). The Morgan fingerprint density at radius 2 is 1.90 bits per heavy atom. The molecule has 0 aromatic carbocycles. The summed E-state index contributed by atoms with van der Waals surface area (Å²) in [6.45, 7) is 1.68. The van der Waals surface area contributed by atoms with Crippen LogP contribution >= 0.6 is 0 Å². The van der Waals surface area contributed by atoms with Crippen molar-refractivity contribution in [3.8, 4) is 5.95 Å². The Hall–Kier alpha value is -2.22. The minimum Gasteiger partial charge on any atom is -0.371 e. The number of fused-ring (bicyclic) bond motifs is 2. The minimum atomic E-state index is 0.301. The normalized spacial score (nSPS) is 24.3. The summed E-state index contributed by atoms with van der Waals surface area (Å²) in [5.41, 5.74) is 0. The summed E-state index contributed by atoms with van der Waals surface area (Å²) in [5, 5.41) is 2.99. The molecule has 2 unspecified atom stereocenters. The summed E-state index contributed by atoms with van der Waals surface area (Å²) >= 11 is 0. The quantitative estimate of drug-likeness (QED) is 0.878. The predicted octanol–water partition coefficient (Wildman–Crippen LogP) is 0.467. The maximum atomic E-state index is 5.86. The lowest BCUT2D eigenvalue weighted by molar-refractivity contribution is 0.0299. The lowest BCUT2D eigenvalue weighted by Gasteiger charge is -2.32. The van der Waals surface area contributed by atoms with Crippen molar-refractivity contribution >= 4 is 11.9 Å². The molecule has 0 aliphatic carbocycles. The van der Waals surface area contributed by atoms with Gasteiger partial charge in [-0.25, -0.2) is 4.98 Å². The second-order valence-corrected chi connectivity index (χ2v) is 5.34. The average molecular weight is 287 g/mol. The molecule has 0 saturated carbocycles. The summed E-state index contributed by atoms with van der Waals surface area (Å²) in [6.07, 6.45) is 8.06. The average Bonchev–Trinajstić information content (AvgIpc) is 3.16. The first-order chi connectivity index (χ1) is 10.3. The first-order valence-corrected chi connectivity index (χ1v) is 7.14. The maximum Gasteiger partial charge on any atom is 0.241 e. The van der Waals surface area contributed by atoms with Crippen LogP contribution in [0.25, 0.3) is 5.95 Å². The number of hydrogen-bond acceptors (Lipinski definition) is 7. The zero-order chi connectivity index (χ0) is 14.2. The van der Waals surface area contributed by atoms with Crippen molar-refractivity contribution in [3.05, 3.63) is 18.7 Å². The molecule has 4 heterocycles. The van der Waals surface area contributed by atoms with Crippen LogP contribution in [0.5, 0.6) is 0 Å². The van der Waals surface area contributed by atoms with Crippen LogP contribution in [-0.4, -0.2) is 56.8 Å². The van der Waals surface area contributed by atoms with E-state index in [1.54, 1.807) is 24.1 Å². The van der Waals surface area contributed by atoms with Gasteiger partial charge in [0.25, 0.3) is 0 Å². The Morgan fingerprint density at radius 1 is 1.14 bits per heavy atom. The highest BCUT2D eigenvalue weighted by Gasteiger charge is 2.35. The van der Waals surface area contributed by atoms with Crippen LogP contribution in [0.15, 0.2) is 18.7 Å². The fraction of sp³-hybridized carbons (Fsp3) is 0.538. The Labute approximate surface area is 122 Å². The van der Waals surface area contributed by atoms with E-state index in [1.807, 2.05) is 6.20 Å². The molecule has 2 atom stereocenters. The van der Waals surface area contributed by atoms with Crippen molar-refractivity contribution in [3.63, 3.8) is 0 Å². The molecule has 2 aliphatic rings. The lowest BCUT2D eigenvalue weighted by atomic mass is 10.2. The molecular formula is C13H17N7O. The van der Waals surface area contributed by atoms with Crippen molar-refractivity contribution in [2.45, 2.75) is 25.0 Å². The number of rotatable bonds is 3. The lowest BCUT2D eigenvalue weighted by Crippen LogP contribution is -2.43. The number of nitrogens with one attached hydrogen (secondary N) is 1. The van der Waals surface area contributed by atoms with Crippen LogP contribution in [0.2, 0.25) is 0 Å². The van der Waals surface area contributed by atoms with Crippen LogP contribution in [0, 0.1) is 0 Å². The third-order valence-electron chi connectivity index (χ3n) is 3.90. The number of aromatic nitrogens is 5. The van der Waals surface area contributed by atoms with Gasteiger partial charge in [0.1, 0.15) is 6.33 Å². The molecule has 8 nitrogen and oxygen atoms in total. The van der Waals surface area contributed by atoms with Gasteiger partial charge in [-0.15, -0.1) is 0 Å². The van der Waals surface area contributed by atoms with Gasteiger partial charge in [-0.05, 0) is 12.8 Å². The molecule has 2 aliphatic heterocycles. The third-order valence-corrected chi connectivity index (χ3v) is 3.90. The fourth-order valence-electron chi connectivity index (χ4n) is 2.88. The number of morpholine rings is 1. The molecule has 110 valence electrons. The first-order valence-electron chi connectivity index (χ1n) is 7.14. The van der Waals surface area contributed by atoms with Gasteiger partial charge in [0.2, 0.25) is 17.8 Å². The van der Waals surface area contributed by atoms with Crippen LogP contribution in [0.1, 0.15) is 12.8 Å². The molecule has 8 heteroatoms. The number of anilines is 2. The highest BCUT2D eigenvalue weighted by atomic mass is 16.5. The molecule has 2 fully saturated rings. The topological polar surface area (TPSA) is 81.0 Å². The Kier molecular flexibility index (Phi) is 2.95. The molecule has 1 N–H and O–H groups in total.